The number of rotatable bonds is 6. The molecule has 136 valence electrons. The average molecular weight is 369 g/mol. The summed E-state index contributed by atoms with van der Waals surface area (Å²) in [6, 6.07) is 7.25. The molecule has 0 saturated carbocycles. The van der Waals surface area contributed by atoms with E-state index in [4.69, 9.17) is 11.5 Å². The lowest BCUT2D eigenvalue weighted by Gasteiger charge is -2.16. The van der Waals surface area contributed by atoms with Crippen molar-refractivity contribution in [2.75, 3.05) is 13.1 Å². The van der Waals surface area contributed by atoms with E-state index >= 15 is 0 Å². The highest BCUT2D eigenvalue weighted by molar-refractivity contribution is 7.09. The van der Waals surface area contributed by atoms with Crippen LogP contribution in [0.3, 0.4) is 0 Å². The van der Waals surface area contributed by atoms with E-state index in [1.807, 2.05) is 23.6 Å². The van der Waals surface area contributed by atoms with Gasteiger partial charge in [0, 0.05) is 35.9 Å². The molecule has 0 radical (unpaired) electrons. The van der Waals surface area contributed by atoms with Gasteiger partial charge in [0.2, 0.25) is 0 Å². The van der Waals surface area contributed by atoms with Crippen molar-refractivity contribution in [3.63, 3.8) is 0 Å². The molecule has 5 N–H and O–H groups in total. The van der Waals surface area contributed by atoms with Gasteiger partial charge in [-0.15, -0.1) is 11.3 Å². The number of amides is 1. The Hall–Kier alpha value is -2.80. The van der Waals surface area contributed by atoms with Gasteiger partial charge in [-0.3, -0.25) is 4.79 Å². The zero-order valence-electron chi connectivity index (χ0n) is 14.5. The van der Waals surface area contributed by atoms with Crippen molar-refractivity contribution in [3.8, 4) is 0 Å². The highest BCUT2D eigenvalue weighted by Gasteiger charge is 2.11. The van der Waals surface area contributed by atoms with Gasteiger partial charge in [0.25, 0.3) is 5.91 Å². The van der Waals surface area contributed by atoms with Gasteiger partial charge in [0.05, 0.1) is 12.4 Å². The van der Waals surface area contributed by atoms with Crippen molar-refractivity contribution in [2.45, 2.75) is 19.4 Å². The first-order valence-electron chi connectivity index (χ1n) is 8.58. The summed E-state index contributed by atoms with van der Waals surface area (Å²) in [5, 5.41) is 5.62. The Labute approximate surface area is 157 Å². The van der Waals surface area contributed by atoms with Crippen molar-refractivity contribution in [1.82, 2.24) is 15.2 Å². The third-order valence-electron chi connectivity index (χ3n) is 4.25. The van der Waals surface area contributed by atoms with Gasteiger partial charge in [0.15, 0.2) is 0 Å². The Morgan fingerprint density at radius 1 is 1.23 bits per heavy atom. The van der Waals surface area contributed by atoms with Gasteiger partial charge in [-0.2, -0.15) is 0 Å². The Morgan fingerprint density at radius 3 is 2.73 bits per heavy atom. The molecule has 0 spiro atoms. The molecule has 6 nitrogen and oxygen atoms in total. The molecule has 2 heterocycles. The Kier molecular flexibility index (Phi) is 5.91. The normalized spacial score (nSPS) is 15.3. The maximum absolute atomic E-state index is 12.3. The first kappa shape index (κ1) is 18.0. The number of hydrogen-bond donors (Lipinski definition) is 3. The van der Waals surface area contributed by atoms with E-state index in [2.05, 4.69) is 15.2 Å². The molecule has 3 rings (SSSR count). The van der Waals surface area contributed by atoms with E-state index in [0.717, 1.165) is 29.5 Å². The van der Waals surface area contributed by atoms with Crippen LogP contribution in [-0.4, -0.2) is 28.9 Å². The van der Waals surface area contributed by atoms with Crippen LogP contribution in [0.1, 0.15) is 33.8 Å². The number of carbonyl (C=O) groups excluding carboxylic acids is 1. The number of hydrogen-bond acceptors (Lipinski definition) is 6. The Balaban J connectivity index is 1.66. The number of nitrogens with zero attached hydrogens (tertiary/aromatic N) is 2. The minimum atomic E-state index is -0.151. The minimum absolute atomic E-state index is 0.151. The molecule has 0 unspecified atom stereocenters. The fourth-order valence-electron chi connectivity index (χ4n) is 2.79. The topological polar surface area (TPSA) is 97.3 Å². The predicted molar refractivity (Wildman–Crippen MR) is 105 cm³/mol. The lowest BCUT2D eigenvalue weighted by Crippen LogP contribution is -2.24. The van der Waals surface area contributed by atoms with Crippen LogP contribution in [0, 0.1) is 0 Å². The van der Waals surface area contributed by atoms with Gasteiger partial charge in [-0.05, 0) is 42.7 Å². The van der Waals surface area contributed by atoms with Gasteiger partial charge in [-0.1, -0.05) is 12.1 Å². The monoisotopic (exact) mass is 369 g/mol. The van der Waals surface area contributed by atoms with Crippen LogP contribution >= 0.6 is 11.3 Å². The third-order valence-corrected chi connectivity index (χ3v) is 5.03. The second kappa shape index (κ2) is 8.53. The molecule has 0 aliphatic carbocycles. The van der Waals surface area contributed by atoms with Crippen LogP contribution in [0.25, 0.3) is 5.70 Å². The lowest BCUT2D eigenvalue weighted by molar-refractivity contribution is 0.0951. The van der Waals surface area contributed by atoms with E-state index in [1.165, 1.54) is 24.2 Å². The minimum Gasteiger partial charge on any atom is -0.398 e. The fourth-order valence-corrected chi connectivity index (χ4v) is 3.35. The number of likely N-dealkylation sites (tertiary alicyclic amines) is 1. The summed E-state index contributed by atoms with van der Waals surface area (Å²) >= 11 is 1.51. The molecule has 2 aromatic rings. The first-order chi connectivity index (χ1) is 12.6. The summed E-state index contributed by atoms with van der Waals surface area (Å²) in [6.45, 7) is 2.40. The number of aromatic nitrogens is 1. The van der Waals surface area contributed by atoms with Crippen molar-refractivity contribution in [3.05, 3.63) is 69.9 Å². The molecule has 1 aliphatic rings. The van der Waals surface area contributed by atoms with E-state index in [1.54, 1.807) is 24.4 Å². The van der Waals surface area contributed by atoms with Crippen LogP contribution in [0.5, 0.6) is 0 Å². The highest BCUT2D eigenvalue weighted by Crippen LogP contribution is 2.14. The van der Waals surface area contributed by atoms with Crippen molar-refractivity contribution < 1.29 is 4.79 Å². The fraction of sp³-hybridized carbons (Fsp3) is 0.263. The zero-order valence-corrected chi connectivity index (χ0v) is 15.3. The van der Waals surface area contributed by atoms with E-state index < -0.39 is 0 Å². The summed E-state index contributed by atoms with van der Waals surface area (Å²) in [5.74, 6) is 0.574. The molecule has 26 heavy (non-hydrogen) atoms. The lowest BCUT2D eigenvalue weighted by atomic mass is 10.1. The molecule has 7 heteroatoms. The SMILES string of the molecule is N/C(=C\C=C(/N)N1CCCC1)c1cccc(C(=O)NCc2nccs2)c1. The molecule has 1 amide bonds. The second-order valence-corrected chi connectivity index (χ2v) is 7.08. The maximum Gasteiger partial charge on any atom is 0.251 e. The molecule has 0 atom stereocenters. The molecule has 1 saturated heterocycles. The number of benzene rings is 1. The predicted octanol–water partition coefficient (Wildman–Crippen LogP) is 2.27. The first-order valence-corrected chi connectivity index (χ1v) is 9.46. The number of allylic oxidation sites excluding steroid dienone is 2. The van der Waals surface area contributed by atoms with Crippen LogP contribution < -0.4 is 16.8 Å². The number of thiazole rings is 1. The standard InChI is InChI=1S/C19H23N5OS/c20-16(6-7-17(21)24-9-1-2-10-24)14-4-3-5-15(12-14)19(25)23-13-18-22-8-11-26-18/h3-8,11-12H,1-2,9-10,13,20-21H2,(H,23,25)/b16-6-,17-7+. The van der Waals surface area contributed by atoms with Crippen molar-refractivity contribution in [2.24, 2.45) is 11.5 Å². The zero-order chi connectivity index (χ0) is 18.4. The van der Waals surface area contributed by atoms with E-state index in [9.17, 15) is 4.79 Å². The van der Waals surface area contributed by atoms with Crippen molar-refractivity contribution >= 4 is 22.9 Å². The Bertz CT molecular complexity index is 807. The molecule has 1 fully saturated rings. The van der Waals surface area contributed by atoms with Gasteiger partial charge in [0.1, 0.15) is 5.01 Å². The summed E-state index contributed by atoms with van der Waals surface area (Å²) in [4.78, 5) is 18.6. The van der Waals surface area contributed by atoms with Crippen LogP contribution in [-0.2, 0) is 6.54 Å². The molecule has 1 aromatic carbocycles. The largest absolute Gasteiger partial charge is 0.398 e. The van der Waals surface area contributed by atoms with E-state index in [-0.39, 0.29) is 5.91 Å². The summed E-state index contributed by atoms with van der Waals surface area (Å²) in [6.07, 6.45) is 7.69. The van der Waals surface area contributed by atoms with Crippen molar-refractivity contribution in [1.29, 1.82) is 0 Å². The number of nitrogens with two attached hydrogens (primary N) is 2. The van der Waals surface area contributed by atoms with Gasteiger partial charge in [-0.25, -0.2) is 4.98 Å². The number of carbonyl (C=O) groups is 1. The van der Waals surface area contributed by atoms with Crippen LogP contribution in [0.2, 0.25) is 0 Å². The second-order valence-electron chi connectivity index (χ2n) is 6.10. The van der Waals surface area contributed by atoms with E-state index in [0.29, 0.717) is 17.8 Å². The molecule has 1 aliphatic heterocycles. The van der Waals surface area contributed by atoms with Gasteiger partial charge < -0.3 is 21.7 Å². The number of nitrogens with one attached hydrogen (secondary N) is 1. The van der Waals surface area contributed by atoms with Gasteiger partial charge >= 0.3 is 0 Å². The highest BCUT2D eigenvalue weighted by atomic mass is 32.1. The molecular weight excluding hydrogens is 346 g/mol. The average Bonchev–Trinajstić information content (AvgIpc) is 3.37. The quantitative estimate of drug-likeness (QED) is 0.679. The summed E-state index contributed by atoms with van der Waals surface area (Å²) in [5.41, 5.74) is 14.2. The Morgan fingerprint density at radius 2 is 2.00 bits per heavy atom. The molecule has 1 aromatic heterocycles. The third kappa shape index (κ3) is 4.64. The molecule has 0 bridgehead atoms. The maximum atomic E-state index is 12.3. The van der Waals surface area contributed by atoms with Crippen LogP contribution in [0.4, 0.5) is 0 Å². The van der Waals surface area contributed by atoms with Crippen LogP contribution in [0.15, 0.2) is 53.8 Å². The summed E-state index contributed by atoms with van der Waals surface area (Å²) < 4.78 is 0. The molecular formula is C19H23N5OS. The summed E-state index contributed by atoms with van der Waals surface area (Å²) in [7, 11) is 0. The smallest absolute Gasteiger partial charge is 0.251 e.